The second-order valence-corrected chi connectivity index (χ2v) is 12.2. The minimum absolute atomic E-state index is 0.154. The number of amides is 2. The van der Waals surface area contributed by atoms with Gasteiger partial charge in [0.05, 0.1) is 27.6 Å². The summed E-state index contributed by atoms with van der Waals surface area (Å²) < 4.78 is 28.2. The van der Waals surface area contributed by atoms with Crippen molar-refractivity contribution in [3.05, 3.63) is 130 Å². The van der Waals surface area contributed by atoms with Gasteiger partial charge >= 0.3 is 0 Å². The third-order valence-electron chi connectivity index (χ3n) is 7.00. The van der Waals surface area contributed by atoms with Crippen molar-refractivity contribution in [3.63, 3.8) is 0 Å². The molecule has 1 heterocycles. The molecule has 0 bridgehead atoms. The van der Waals surface area contributed by atoms with Crippen molar-refractivity contribution in [1.29, 1.82) is 0 Å². The average molecular weight is 612 g/mol. The number of carbonyl (C=O) groups is 2. The van der Waals surface area contributed by atoms with Crippen molar-refractivity contribution in [2.45, 2.75) is 5.75 Å². The van der Waals surface area contributed by atoms with Gasteiger partial charge in [0.1, 0.15) is 6.54 Å². The summed E-state index contributed by atoms with van der Waals surface area (Å²) in [6, 6.07) is 28.4. The Labute approximate surface area is 254 Å². The van der Waals surface area contributed by atoms with Crippen LogP contribution in [0.5, 0.6) is 0 Å². The van der Waals surface area contributed by atoms with E-state index in [4.69, 9.17) is 0 Å². The van der Waals surface area contributed by atoms with Gasteiger partial charge in [-0.3, -0.25) is 24.0 Å². The molecule has 224 valence electrons. The third-order valence-corrected chi connectivity index (χ3v) is 8.71. The first-order valence-corrected chi connectivity index (χ1v) is 15.2. The average Bonchev–Trinajstić information content (AvgIpc) is 3.34. The summed E-state index contributed by atoms with van der Waals surface area (Å²) in [6.07, 6.45) is 0. The molecule has 0 fully saturated rings. The lowest BCUT2D eigenvalue weighted by atomic mass is 9.99. The summed E-state index contributed by atoms with van der Waals surface area (Å²) in [5, 5.41) is 17.5. The van der Waals surface area contributed by atoms with Crippen LogP contribution in [0.15, 0.2) is 103 Å². The summed E-state index contributed by atoms with van der Waals surface area (Å²) in [5.74, 6) is -1.11. The highest BCUT2D eigenvalue weighted by Crippen LogP contribution is 2.39. The number of sulfonamides is 1. The van der Waals surface area contributed by atoms with Crippen LogP contribution in [0.3, 0.4) is 0 Å². The molecular formula is C32H29N5O6S. The maximum Gasteiger partial charge on any atom is 0.270 e. The highest BCUT2D eigenvalue weighted by atomic mass is 32.2. The Bertz CT molecular complexity index is 1860. The summed E-state index contributed by atoms with van der Waals surface area (Å²) in [7, 11) is -0.838. The third kappa shape index (κ3) is 6.45. The molecule has 44 heavy (non-hydrogen) atoms. The van der Waals surface area contributed by atoms with E-state index in [2.05, 4.69) is 10.6 Å². The van der Waals surface area contributed by atoms with E-state index in [0.717, 1.165) is 4.31 Å². The number of anilines is 3. The number of nitro groups is 1. The molecule has 0 unspecified atom stereocenters. The number of likely N-dealkylation sites (N-methyl/N-ethyl adjacent to an activating group) is 1. The van der Waals surface area contributed by atoms with Gasteiger partial charge in [0.2, 0.25) is 15.9 Å². The van der Waals surface area contributed by atoms with E-state index in [1.807, 2.05) is 6.07 Å². The number of benzene rings is 4. The molecule has 4 aromatic rings. The van der Waals surface area contributed by atoms with E-state index >= 15 is 0 Å². The molecule has 2 N–H and O–H groups in total. The van der Waals surface area contributed by atoms with E-state index in [1.165, 1.54) is 23.1 Å². The van der Waals surface area contributed by atoms with E-state index in [0.29, 0.717) is 33.8 Å². The molecule has 11 nitrogen and oxygen atoms in total. The molecule has 0 radical (unpaired) electrons. The monoisotopic (exact) mass is 611 g/mol. The smallest absolute Gasteiger partial charge is 0.270 e. The minimum atomic E-state index is -3.95. The van der Waals surface area contributed by atoms with Gasteiger partial charge in [-0.2, -0.15) is 0 Å². The van der Waals surface area contributed by atoms with Crippen LogP contribution in [-0.4, -0.2) is 50.7 Å². The molecule has 0 saturated heterocycles. The molecule has 5 rings (SSSR count). The maximum atomic E-state index is 13.5. The number of nitrogens with zero attached hydrogens (tertiary/aromatic N) is 3. The Balaban J connectivity index is 1.53. The van der Waals surface area contributed by atoms with Crippen molar-refractivity contribution >= 4 is 55.9 Å². The topological polar surface area (TPSA) is 142 Å². The number of nitro benzene ring substituents is 1. The van der Waals surface area contributed by atoms with Crippen LogP contribution in [-0.2, 0) is 25.4 Å². The summed E-state index contributed by atoms with van der Waals surface area (Å²) in [5.41, 5.74) is 3.36. The fourth-order valence-corrected chi connectivity index (χ4v) is 6.25. The van der Waals surface area contributed by atoms with Crippen LogP contribution in [0.1, 0.15) is 16.7 Å². The Morgan fingerprint density at radius 2 is 1.55 bits per heavy atom. The van der Waals surface area contributed by atoms with Crippen molar-refractivity contribution in [2.24, 2.45) is 0 Å². The molecule has 0 aromatic heterocycles. The van der Waals surface area contributed by atoms with Gasteiger partial charge in [0, 0.05) is 43.2 Å². The number of fused-ring (bicyclic) bond motifs is 1. The fraction of sp³-hybridized carbons (Fsp3) is 0.125. The summed E-state index contributed by atoms with van der Waals surface area (Å²) in [6.45, 7) is -0.385. The van der Waals surface area contributed by atoms with Crippen molar-refractivity contribution < 1.29 is 22.9 Å². The number of nitrogens with one attached hydrogen (secondary N) is 2. The lowest BCUT2D eigenvalue weighted by molar-refractivity contribution is -0.384. The van der Waals surface area contributed by atoms with Gasteiger partial charge in [0.25, 0.3) is 11.6 Å². The molecule has 0 saturated carbocycles. The standard InChI is InChI=1S/C32H29N5O6S/c1-35(2)29(38)20-36(44(42,43)21-22-9-5-3-6-10-22)25-15-13-24(14-16-25)33-31(23-11-7-4-8-12-23)30-27-19-26(37(40)41)17-18-28(27)34-32(30)39/h3-19,33H,20-21H2,1-2H3,(H,34,39). The summed E-state index contributed by atoms with van der Waals surface area (Å²) in [4.78, 5) is 38.1. The zero-order chi connectivity index (χ0) is 31.4. The first-order chi connectivity index (χ1) is 21.0. The minimum Gasteiger partial charge on any atom is -0.354 e. The Hall–Kier alpha value is -5.49. The first-order valence-electron chi connectivity index (χ1n) is 13.5. The SMILES string of the molecule is CN(C)C(=O)CN(c1ccc(NC(=C2C(=O)Nc3ccc([N+](=O)[O-])cc32)c2ccccc2)cc1)S(=O)(=O)Cc1ccccc1. The van der Waals surface area contributed by atoms with Gasteiger partial charge in [-0.15, -0.1) is 0 Å². The number of hydrogen-bond acceptors (Lipinski definition) is 7. The normalized spacial score (nSPS) is 13.5. The largest absolute Gasteiger partial charge is 0.354 e. The molecule has 4 aromatic carbocycles. The molecule has 0 atom stereocenters. The van der Waals surface area contributed by atoms with Gasteiger partial charge in [-0.1, -0.05) is 60.7 Å². The first kappa shape index (κ1) is 30.0. The zero-order valence-corrected chi connectivity index (χ0v) is 24.7. The maximum absolute atomic E-state index is 13.5. The molecular weight excluding hydrogens is 582 g/mol. The molecule has 12 heteroatoms. The molecule has 2 amide bonds. The van der Waals surface area contributed by atoms with Gasteiger partial charge < -0.3 is 15.5 Å². The van der Waals surface area contributed by atoms with E-state index in [9.17, 15) is 28.1 Å². The van der Waals surface area contributed by atoms with Crippen LogP contribution in [0.2, 0.25) is 0 Å². The quantitative estimate of drug-likeness (QED) is 0.147. The molecule has 1 aliphatic heterocycles. The molecule has 0 aliphatic carbocycles. The number of rotatable bonds is 10. The van der Waals surface area contributed by atoms with Crippen LogP contribution in [0.4, 0.5) is 22.7 Å². The second-order valence-electron chi connectivity index (χ2n) is 10.3. The van der Waals surface area contributed by atoms with Crippen LogP contribution in [0, 0.1) is 10.1 Å². The van der Waals surface area contributed by atoms with Gasteiger partial charge in [0.15, 0.2) is 0 Å². The zero-order valence-electron chi connectivity index (χ0n) is 23.9. The Morgan fingerprint density at radius 3 is 2.16 bits per heavy atom. The summed E-state index contributed by atoms with van der Waals surface area (Å²) >= 11 is 0. The van der Waals surface area contributed by atoms with Crippen LogP contribution < -0.4 is 14.9 Å². The van der Waals surface area contributed by atoms with Crippen molar-refractivity contribution in [2.75, 3.05) is 35.6 Å². The Morgan fingerprint density at radius 1 is 0.909 bits per heavy atom. The lowest BCUT2D eigenvalue weighted by Crippen LogP contribution is -2.41. The second kappa shape index (κ2) is 12.4. The predicted molar refractivity (Wildman–Crippen MR) is 170 cm³/mol. The van der Waals surface area contributed by atoms with E-state index in [1.54, 1.807) is 93.0 Å². The lowest BCUT2D eigenvalue weighted by Gasteiger charge is -2.26. The number of hydrogen-bond donors (Lipinski definition) is 2. The molecule has 1 aliphatic rings. The van der Waals surface area contributed by atoms with Gasteiger partial charge in [-0.05, 0) is 41.5 Å². The highest BCUT2D eigenvalue weighted by Gasteiger charge is 2.31. The Kier molecular flexibility index (Phi) is 8.45. The highest BCUT2D eigenvalue weighted by molar-refractivity contribution is 7.92. The predicted octanol–water partition coefficient (Wildman–Crippen LogP) is 4.95. The van der Waals surface area contributed by atoms with Crippen molar-refractivity contribution in [3.8, 4) is 0 Å². The van der Waals surface area contributed by atoms with Crippen LogP contribution in [0.25, 0.3) is 11.3 Å². The van der Waals surface area contributed by atoms with Crippen LogP contribution >= 0.6 is 0 Å². The van der Waals surface area contributed by atoms with E-state index < -0.39 is 20.9 Å². The van der Waals surface area contributed by atoms with Gasteiger partial charge in [-0.25, -0.2) is 8.42 Å². The van der Waals surface area contributed by atoms with Crippen molar-refractivity contribution in [1.82, 2.24) is 4.90 Å². The van der Waals surface area contributed by atoms with E-state index in [-0.39, 0.29) is 35.2 Å². The molecule has 0 spiro atoms. The fourth-order valence-electron chi connectivity index (χ4n) is 4.73. The number of carbonyl (C=O) groups excluding carboxylic acids is 2. The number of non-ortho nitro benzene ring substituents is 1.